The maximum atomic E-state index is 11.9. The number of Topliss-reactive ketones (excluding diaryl/α,β-unsaturated/α-hetero) is 1. The second-order valence-corrected chi connectivity index (χ2v) is 6.06. The van der Waals surface area contributed by atoms with Crippen molar-refractivity contribution in [3.05, 3.63) is 24.3 Å². The topological polar surface area (TPSA) is 66.5 Å². The number of ketones is 1. The Hall–Kier alpha value is -1.40. The molecule has 0 bridgehead atoms. The van der Waals surface area contributed by atoms with Crippen molar-refractivity contribution < 1.29 is 13.2 Å². The number of nitrogens with one attached hydrogen (secondary N) is 1. The summed E-state index contributed by atoms with van der Waals surface area (Å²) in [6.07, 6.45) is 0.960. The van der Waals surface area contributed by atoms with E-state index in [0.29, 0.717) is 31.6 Å². The molecule has 1 N–H and O–H groups in total. The van der Waals surface area contributed by atoms with Crippen LogP contribution >= 0.6 is 0 Å². The lowest BCUT2D eigenvalue weighted by Gasteiger charge is -2.29. The van der Waals surface area contributed by atoms with E-state index in [1.165, 1.54) is 7.05 Å². The fourth-order valence-electron chi connectivity index (χ4n) is 2.05. The molecule has 1 aliphatic heterocycles. The minimum Gasteiger partial charge on any atom is -0.370 e. The Morgan fingerprint density at radius 3 is 2.39 bits per heavy atom. The van der Waals surface area contributed by atoms with Gasteiger partial charge in [0.25, 0.3) is 0 Å². The molecule has 1 aliphatic rings. The van der Waals surface area contributed by atoms with Gasteiger partial charge >= 0.3 is 0 Å². The molecule has 0 radical (unpaired) electrons. The SMILES string of the molecule is CNS(=O)(=O)c1ccccc1N1CCC(=O)CC1. The molecule has 1 aromatic carbocycles. The van der Waals surface area contributed by atoms with Crippen LogP contribution in [0.2, 0.25) is 0 Å². The van der Waals surface area contributed by atoms with Gasteiger partial charge in [0.1, 0.15) is 10.7 Å². The molecule has 5 nitrogen and oxygen atoms in total. The number of carbonyl (C=O) groups excluding carboxylic acids is 1. The predicted octanol–water partition coefficient (Wildman–Crippen LogP) is 0.764. The van der Waals surface area contributed by atoms with Gasteiger partial charge in [-0.15, -0.1) is 0 Å². The van der Waals surface area contributed by atoms with Gasteiger partial charge in [-0.3, -0.25) is 4.79 Å². The van der Waals surface area contributed by atoms with E-state index >= 15 is 0 Å². The van der Waals surface area contributed by atoms with Gasteiger partial charge in [0.2, 0.25) is 10.0 Å². The largest absolute Gasteiger partial charge is 0.370 e. The summed E-state index contributed by atoms with van der Waals surface area (Å²) >= 11 is 0. The standard InChI is InChI=1S/C12H16N2O3S/c1-13-18(16,17)12-5-3-2-4-11(12)14-8-6-10(15)7-9-14/h2-5,13H,6-9H2,1H3. The first kappa shape index (κ1) is 13.0. The van der Waals surface area contributed by atoms with Crippen molar-refractivity contribution in [2.45, 2.75) is 17.7 Å². The molecule has 0 spiro atoms. The number of benzene rings is 1. The summed E-state index contributed by atoms with van der Waals surface area (Å²) < 4.78 is 26.2. The molecule has 0 amide bonds. The summed E-state index contributed by atoms with van der Waals surface area (Å²) in [4.78, 5) is 13.4. The summed E-state index contributed by atoms with van der Waals surface area (Å²) in [7, 11) is -2.07. The van der Waals surface area contributed by atoms with Crippen LogP contribution in [0.3, 0.4) is 0 Å². The Morgan fingerprint density at radius 2 is 1.78 bits per heavy atom. The molecule has 2 rings (SSSR count). The first-order valence-corrected chi connectivity index (χ1v) is 7.32. The van der Waals surface area contributed by atoms with Crippen LogP contribution in [0.1, 0.15) is 12.8 Å². The molecule has 18 heavy (non-hydrogen) atoms. The molecule has 0 unspecified atom stereocenters. The first-order valence-electron chi connectivity index (χ1n) is 5.84. The van der Waals surface area contributed by atoms with E-state index in [4.69, 9.17) is 0 Å². The molecule has 1 aromatic rings. The zero-order valence-electron chi connectivity index (χ0n) is 10.2. The van der Waals surface area contributed by atoms with Crippen LogP contribution in [-0.4, -0.2) is 34.3 Å². The third-order valence-electron chi connectivity index (χ3n) is 3.09. The number of para-hydroxylation sites is 1. The highest BCUT2D eigenvalue weighted by Crippen LogP contribution is 2.26. The van der Waals surface area contributed by atoms with Gasteiger partial charge in [-0.25, -0.2) is 13.1 Å². The van der Waals surface area contributed by atoms with Gasteiger partial charge in [0.05, 0.1) is 5.69 Å². The Kier molecular flexibility index (Phi) is 3.68. The smallest absolute Gasteiger partial charge is 0.242 e. The lowest BCUT2D eigenvalue weighted by molar-refractivity contribution is -0.119. The number of carbonyl (C=O) groups is 1. The molecule has 6 heteroatoms. The fourth-order valence-corrected chi connectivity index (χ4v) is 3.00. The van der Waals surface area contributed by atoms with Crippen LogP contribution in [0.5, 0.6) is 0 Å². The number of hydrogen-bond donors (Lipinski definition) is 1. The molecule has 1 fully saturated rings. The molecule has 0 atom stereocenters. The van der Waals surface area contributed by atoms with E-state index in [1.807, 2.05) is 4.90 Å². The molecule has 0 saturated carbocycles. The summed E-state index contributed by atoms with van der Waals surface area (Å²) in [6.45, 7) is 1.16. The van der Waals surface area contributed by atoms with E-state index in [9.17, 15) is 13.2 Å². The Balaban J connectivity index is 2.37. The summed E-state index contributed by atoms with van der Waals surface area (Å²) in [5, 5.41) is 0. The number of piperidine rings is 1. The van der Waals surface area contributed by atoms with E-state index in [2.05, 4.69) is 4.72 Å². The van der Waals surface area contributed by atoms with Crippen LogP contribution in [0.25, 0.3) is 0 Å². The van der Waals surface area contributed by atoms with Gasteiger partial charge < -0.3 is 4.90 Å². The number of sulfonamides is 1. The minimum atomic E-state index is -3.47. The van der Waals surface area contributed by atoms with Gasteiger partial charge in [-0.1, -0.05) is 12.1 Å². The maximum absolute atomic E-state index is 11.9. The fraction of sp³-hybridized carbons (Fsp3) is 0.417. The van der Waals surface area contributed by atoms with Crippen LogP contribution in [-0.2, 0) is 14.8 Å². The third kappa shape index (κ3) is 2.54. The third-order valence-corrected chi connectivity index (χ3v) is 4.55. The van der Waals surface area contributed by atoms with Crippen molar-refractivity contribution in [2.24, 2.45) is 0 Å². The molecular weight excluding hydrogens is 252 g/mol. The molecule has 0 aromatic heterocycles. The highest BCUT2D eigenvalue weighted by atomic mass is 32.2. The minimum absolute atomic E-state index is 0.236. The van der Waals surface area contributed by atoms with Crippen molar-refractivity contribution in [3.63, 3.8) is 0 Å². The van der Waals surface area contributed by atoms with E-state index in [0.717, 1.165) is 0 Å². The van der Waals surface area contributed by atoms with E-state index in [-0.39, 0.29) is 10.7 Å². The second kappa shape index (κ2) is 5.07. The van der Waals surface area contributed by atoms with Gasteiger partial charge in [-0.05, 0) is 19.2 Å². The Bertz CT molecular complexity index is 544. The van der Waals surface area contributed by atoms with Crippen molar-refractivity contribution in [3.8, 4) is 0 Å². The molecule has 98 valence electrons. The van der Waals surface area contributed by atoms with Gasteiger partial charge in [0, 0.05) is 25.9 Å². The summed E-state index contributed by atoms with van der Waals surface area (Å²) in [5.74, 6) is 0.236. The number of anilines is 1. The van der Waals surface area contributed by atoms with Crippen molar-refractivity contribution in [1.82, 2.24) is 4.72 Å². The molecule has 1 saturated heterocycles. The van der Waals surface area contributed by atoms with E-state index < -0.39 is 10.0 Å². The Morgan fingerprint density at radius 1 is 1.17 bits per heavy atom. The highest BCUT2D eigenvalue weighted by molar-refractivity contribution is 7.89. The summed E-state index contributed by atoms with van der Waals surface area (Å²) in [6, 6.07) is 6.86. The Labute approximate surface area is 107 Å². The predicted molar refractivity (Wildman–Crippen MR) is 69.1 cm³/mol. The van der Waals surface area contributed by atoms with Crippen LogP contribution in [0, 0.1) is 0 Å². The van der Waals surface area contributed by atoms with Crippen molar-refractivity contribution >= 4 is 21.5 Å². The average Bonchev–Trinajstić information content (AvgIpc) is 2.40. The van der Waals surface area contributed by atoms with Gasteiger partial charge in [0.15, 0.2) is 0 Å². The molecule has 0 aliphatic carbocycles. The highest BCUT2D eigenvalue weighted by Gasteiger charge is 2.23. The van der Waals surface area contributed by atoms with Crippen LogP contribution < -0.4 is 9.62 Å². The molecule has 1 heterocycles. The zero-order chi connectivity index (χ0) is 13.2. The molecular formula is C12H16N2O3S. The monoisotopic (exact) mass is 268 g/mol. The first-order chi connectivity index (χ1) is 8.54. The second-order valence-electron chi connectivity index (χ2n) is 4.20. The van der Waals surface area contributed by atoms with Crippen molar-refractivity contribution in [1.29, 1.82) is 0 Å². The lowest BCUT2D eigenvalue weighted by atomic mass is 10.1. The van der Waals surface area contributed by atoms with E-state index in [1.54, 1.807) is 24.3 Å². The number of nitrogens with zero attached hydrogens (tertiary/aromatic N) is 1. The number of rotatable bonds is 3. The van der Waals surface area contributed by atoms with Crippen LogP contribution in [0.4, 0.5) is 5.69 Å². The zero-order valence-corrected chi connectivity index (χ0v) is 11.0. The van der Waals surface area contributed by atoms with Gasteiger partial charge in [-0.2, -0.15) is 0 Å². The average molecular weight is 268 g/mol. The summed E-state index contributed by atoms with van der Waals surface area (Å²) in [5.41, 5.74) is 0.666. The lowest BCUT2D eigenvalue weighted by Crippen LogP contribution is -2.35. The maximum Gasteiger partial charge on any atom is 0.242 e. The quantitative estimate of drug-likeness (QED) is 0.879. The normalized spacial score (nSPS) is 16.9. The van der Waals surface area contributed by atoms with Crippen LogP contribution in [0.15, 0.2) is 29.2 Å². The van der Waals surface area contributed by atoms with Crippen molar-refractivity contribution in [2.75, 3.05) is 25.0 Å². The number of hydrogen-bond acceptors (Lipinski definition) is 4.